The number of amides is 1. The van der Waals surface area contributed by atoms with E-state index in [9.17, 15) is 9.59 Å². The van der Waals surface area contributed by atoms with Gasteiger partial charge in [0, 0.05) is 18.5 Å². The Bertz CT molecular complexity index is 593. The van der Waals surface area contributed by atoms with Crippen LogP contribution in [0.25, 0.3) is 6.08 Å². The van der Waals surface area contributed by atoms with E-state index < -0.39 is 0 Å². The van der Waals surface area contributed by atoms with E-state index in [1.165, 1.54) is 0 Å². The normalized spacial score (nSPS) is 24.0. The van der Waals surface area contributed by atoms with E-state index in [2.05, 4.69) is 0 Å². The van der Waals surface area contributed by atoms with Crippen LogP contribution in [0.15, 0.2) is 30.5 Å². The van der Waals surface area contributed by atoms with Crippen LogP contribution < -0.4 is 0 Å². The van der Waals surface area contributed by atoms with Gasteiger partial charge in [-0.1, -0.05) is 24.3 Å². The van der Waals surface area contributed by atoms with Gasteiger partial charge in [-0.2, -0.15) is 0 Å². The van der Waals surface area contributed by atoms with Crippen molar-refractivity contribution in [2.75, 3.05) is 6.61 Å². The monoisotopic (exact) mass is 285 g/mol. The molecule has 2 aliphatic rings. The molecule has 1 aliphatic heterocycles. The number of carbonyl (C=O) groups excluding carboxylic acids is 2. The maximum absolute atomic E-state index is 12.2. The molecule has 0 N–H and O–H groups in total. The van der Waals surface area contributed by atoms with Gasteiger partial charge in [0.25, 0.3) is 0 Å². The van der Waals surface area contributed by atoms with E-state index in [1.54, 1.807) is 18.0 Å². The van der Waals surface area contributed by atoms with Crippen LogP contribution in [0, 0.1) is 5.92 Å². The Labute approximate surface area is 124 Å². The smallest absolute Gasteiger partial charge is 0.414 e. The first-order chi connectivity index (χ1) is 10.2. The molecular weight excluding hydrogens is 266 g/mol. The molecule has 1 heterocycles. The molecule has 4 heteroatoms. The second kappa shape index (κ2) is 5.72. The Hall–Kier alpha value is -2.10. The summed E-state index contributed by atoms with van der Waals surface area (Å²) in [5, 5.41) is 0. The number of ether oxygens (including phenoxy) is 1. The summed E-state index contributed by atoms with van der Waals surface area (Å²) in [5.41, 5.74) is 2.11. The molecule has 1 aromatic carbocycles. The minimum atomic E-state index is -0.382. The van der Waals surface area contributed by atoms with Gasteiger partial charge in [0.15, 0.2) is 0 Å². The summed E-state index contributed by atoms with van der Waals surface area (Å²) in [6.45, 7) is 2.12. The van der Waals surface area contributed by atoms with Crippen molar-refractivity contribution in [2.24, 2.45) is 5.92 Å². The molecule has 0 bridgehead atoms. The Morgan fingerprint density at radius 2 is 2.19 bits per heavy atom. The summed E-state index contributed by atoms with van der Waals surface area (Å²) < 4.78 is 5.15. The highest BCUT2D eigenvalue weighted by molar-refractivity contribution is 5.85. The van der Waals surface area contributed by atoms with Gasteiger partial charge in [-0.3, -0.25) is 9.69 Å². The second-order valence-corrected chi connectivity index (χ2v) is 5.46. The molecule has 0 aromatic heterocycles. The quantitative estimate of drug-likeness (QED) is 0.835. The van der Waals surface area contributed by atoms with Crippen LogP contribution in [-0.4, -0.2) is 23.4 Å². The molecule has 0 spiro atoms. The standard InChI is InChI=1S/C17H19NO3/c1-2-21-17(20)18-11-10-12-6-3-4-7-13(12)16(18)14-8-5-9-15(14)19/h3-4,6-7,10-11,14,16H,2,5,8-9H2,1H3. The van der Waals surface area contributed by atoms with E-state index in [-0.39, 0.29) is 23.8 Å². The van der Waals surface area contributed by atoms with Crippen LogP contribution in [0.1, 0.15) is 43.4 Å². The highest BCUT2D eigenvalue weighted by Gasteiger charge is 2.40. The minimum Gasteiger partial charge on any atom is -0.449 e. The third-order valence-electron chi connectivity index (χ3n) is 4.24. The van der Waals surface area contributed by atoms with E-state index in [0.29, 0.717) is 13.0 Å². The van der Waals surface area contributed by atoms with Crippen LogP contribution in [0.2, 0.25) is 0 Å². The molecule has 21 heavy (non-hydrogen) atoms. The molecule has 1 amide bonds. The summed E-state index contributed by atoms with van der Waals surface area (Å²) in [7, 11) is 0. The predicted molar refractivity (Wildman–Crippen MR) is 79.4 cm³/mol. The Balaban J connectivity index is 2.01. The van der Waals surface area contributed by atoms with Crippen LogP contribution in [0.3, 0.4) is 0 Å². The van der Waals surface area contributed by atoms with Gasteiger partial charge in [-0.05, 0) is 37.0 Å². The SMILES string of the molecule is CCOC(=O)N1C=Cc2ccccc2C1C1CCCC1=O. The fourth-order valence-electron chi connectivity index (χ4n) is 3.29. The fraction of sp³-hybridized carbons (Fsp3) is 0.412. The average Bonchev–Trinajstić information content (AvgIpc) is 2.92. The van der Waals surface area contributed by atoms with Crippen molar-refractivity contribution in [1.82, 2.24) is 4.90 Å². The molecular formula is C17H19NO3. The zero-order chi connectivity index (χ0) is 14.8. The number of nitrogens with zero attached hydrogens (tertiary/aromatic N) is 1. The van der Waals surface area contributed by atoms with Crippen molar-refractivity contribution in [3.05, 3.63) is 41.6 Å². The Morgan fingerprint density at radius 3 is 2.90 bits per heavy atom. The summed E-state index contributed by atoms with van der Waals surface area (Å²) in [6.07, 6.45) is 5.63. The highest BCUT2D eigenvalue weighted by Crippen LogP contribution is 2.41. The van der Waals surface area contributed by atoms with Gasteiger partial charge < -0.3 is 4.74 Å². The molecule has 4 nitrogen and oxygen atoms in total. The van der Waals surface area contributed by atoms with Crippen molar-refractivity contribution in [1.29, 1.82) is 0 Å². The number of fused-ring (bicyclic) bond motifs is 1. The number of carbonyl (C=O) groups is 2. The molecule has 1 aromatic rings. The van der Waals surface area contributed by atoms with Gasteiger partial charge in [-0.15, -0.1) is 0 Å². The lowest BCUT2D eigenvalue weighted by Gasteiger charge is -2.35. The minimum absolute atomic E-state index is 0.125. The van der Waals surface area contributed by atoms with Crippen molar-refractivity contribution >= 4 is 18.0 Å². The number of hydrogen-bond donors (Lipinski definition) is 0. The Morgan fingerprint density at radius 1 is 1.38 bits per heavy atom. The molecule has 1 saturated carbocycles. The van der Waals surface area contributed by atoms with Crippen molar-refractivity contribution < 1.29 is 14.3 Å². The van der Waals surface area contributed by atoms with E-state index >= 15 is 0 Å². The van der Waals surface area contributed by atoms with E-state index in [0.717, 1.165) is 24.0 Å². The van der Waals surface area contributed by atoms with Gasteiger partial charge in [0.05, 0.1) is 12.6 Å². The first-order valence-corrected chi connectivity index (χ1v) is 7.47. The summed E-state index contributed by atoms with van der Waals surface area (Å²) >= 11 is 0. The number of rotatable bonds is 2. The van der Waals surface area contributed by atoms with Crippen molar-refractivity contribution in [3.8, 4) is 0 Å². The third kappa shape index (κ3) is 2.46. The second-order valence-electron chi connectivity index (χ2n) is 5.46. The molecule has 1 fully saturated rings. The third-order valence-corrected chi connectivity index (χ3v) is 4.24. The molecule has 2 unspecified atom stereocenters. The molecule has 0 saturated heterocycles. The maximum Gasteiger partial charge on any atom is 0.414 e. The largest absolute Gasteiger partial charge is 0.449 e. The lowest BCUT2D eigenvalue weighted by molar-refractivity contribution is -0.122. The maximum atomic E-state index is 12.2. The number of benzene rings is 1. The first-order valence-electron chi connectivity index (χ1n) is 7.47. The number of ketones is 1. The van der Waals surface area contributed by atoms with Crippen LogP contribution in [-0.2, 0) is 9.53 Å². The first kappa shape index (κ1) is 13.9. The average molecular weight is 285 g/mol. The van der Waals surface area contributed by atoms with Crippen LogP contribution in [0.4, 0.5) is 4.79 Å². The summed E-state index contributed by atoms with van der Waals surface area (Å²) in [6, 6.07) is 7.70. The van der Waals surface area contributed by atoms with Gasteiger partial charge >= 0.3 is 6.09 Å². The zero-order valence-corrected chi connectivity index (χ0v) is 12.1. The van der Waals surface area contributed by atoms with Gasteiger partial charge in [-0.25, -0.2) is 4.79 Å². The summed E-state index contributed by atoms with van der Waals surface area (Å²) in [4.78, 5) is 26.0. The zero-order valence-electron chi connectivity index (χ0n) is 12.1. The van der Waals surface area contributed by atoms with E-state index in [1.807, 2.05) is 30.3 Å². The van der Waals surface area contributed by atoms with Crippen LogP contribution >= 0.6 is 0 Å². The number of hydrogen-bond acceptors (Lipinski definition) is 3. The van der Waals surface area contributed by atoms with E-state index in [4.69, 9.17) is 4.74 Å². The summed E-state index contributed by atoms with van der Waals surface area (Å²) in [5.74, 6) is 0.125. The van der Waals surface area contributed by atoms with Crippen LogP contribution in [0.5, 0.6) is 0 Å². The number of Topliss-reactive ketones (excluding diaryl/α,β-unsaturated/α-hetero) is 1. The molecule has 1 aliphatic carbocycles. The molecule has 110 valence electrons. The highest BCUT2D eigenvalue weighted by atomic mass is 16.6. The molecule has 0 radical (unpaired) electrons. The van der Waals surface area contributed by atoms with Gasteiger partial charge in [0.2, 0.25) is 0 Å². The van der Waals surface area contributed by atoms with Crippen molar-refractivity contribution in [3.63, 3.8) is 0 Å². The lowest BCUT2D eigenvalue weighted by Crippen LogP contribution is -2.38. The van der Waals surface area contributed by atoms with Crippen molar-refractivity contribution in [2.45, 2.75) is 32.2 Å². The Kier molecular flexibility index (Phi) is 3.78. The lowest BCUT2D eigenvalue weighted by atomic mass is 9.85. The fourth-order valence-corrected chi connectivity index (χ4v) is 3.29. The predicted octanol–water partition coefficient (Wildman–Crippen LogP) is 3.54. The topological polar surface area (TPSA) is 46.6 Å². The molecule has 2 atom stereocenters. The van der Waals surface area contributed by atoms with Gasteiger partial charge in [0.1, 0.15) is 5.78 Å². The molecule has 3 rings (SSSR count).